The van der Waals surface area contributed by atoms with E-state index in [1.54, 1.807) is 29.2 Å². The molecular weight excluding hydrogens is 665 g/mol. The van der Waals surface area contributed by atoms with Crippen LogP contribution in [0.1, 0.15) is 60.2 Å². The van der Waals surface area contributed by atoms with E-state index in [0.29, 0.717) is 37.0 Å². The Balaban J connectivity index is 1.31. The molecule has 264 valence electrons. The van der Waals surface area contributed by atoms with Crippen LogP contribution in [-0.4, -0.2) is 42.2 Å². The van der Waals surface area contributed by atoms with Crippen LogP contribution in [0.3, 0.4) is 0 Å². The van der Waals surface area contributed by atoms with Crippen molar-refractivity contribution in [1.82, 2.24) is 8.87 Å². The molecule has 10 heteroatoms. The Kier molecular flexibility index (Phi) is 9.97. The van der Waals surface area contributed by atoms with E-state index < -0.39 is 28.4 Å². The summed E-state index contributed by atoms with van der Waals surface area (Å²) in [5, 5.41) is 0.824. The summed E-state index contributed by atoms with van der Waals surface area (Å²) in [4.78, 5) is 29.1. The van der Waals surface area contributed by atoms with Crippen molar-refractivity contribution in [2.75, 3.05) is 6.54 Å². The summed E-state index contributed by atoms with van der Waals surface area (Å²) in [6, 6.07) is 32.7. The van der Waals surface area contributed by atoms with Crippen LogP contribution in [0.15, 0.2) is 114 Å². The van der Waals surface area contributed by atoms with E-state index in [4.69, 9.17) is 14.2 Å². The van der Waals surface area contributed by atoms with Crippen LogP contribution in [-0.2, 0) is 48.7 Å². The molecule has 7 rings (SSSR count). The molecule has 0 N–H and O–H groups in total. The second-order valence-corrected chi connectivity index (χ2v) is 15.2. The second kappa shape index (κ2) is 14.7. The molecule has 3 heterocycles. The summed E-state index contributed by atoms with van der Waals surface area (Å²) < 4.78 is 48.7. The fraction of sp³-hybridized carbons (Fsp3) is 0.317. The number of benzene rings is 4. The van der Waals surface area contributed by atoms with Crippen LogP contribution < -0.4 is 0 Å². The number of nitrogens with zero attached hydrogens (tertiary/aromatic N) is 2. The highest BCUT2D eigenvalue weighted by atomic mass is 32.2. The van der Waals surface area contributed by atoms with Crippen LogP contribution >= 0.6 is 0 Å². The highest BCUT2D eigenvalue weighted by Crippen LogP contribution is 2.45. The summed E-state index contributed by atoms with van der Waals surface area (Å²) in [7, 11) is -4.12. The van der Waals surface area contributed by atoms with Gasteiger partial charge >= 0.3 is 12.1 Å². The van der Waals surface area contributed by atoms with Gasteiger partial charge in [0.05, 0.1) is 28.8 Å². The Bertz CT molecular complexity index is 2110. The maximum Gasteiger partial charge on any atom is 0.410 e. The van der Waals surface area contributed by atoms with Crippen LogP contribution in [0, 0.1) is 18.8 Å². The third-order valence-corrected chi connectivity index (χ3v) is 11.9. The van der Waals surface area contributed by atoms with Crippen molar-refractivity contribution in [3.63, 3.8) is 0 Å². The third kappa shape index (κ3) is 7.03. The largest absolute Gasteiger partial charge is 0.445 e. The SMILES string of the molecule is CCC1C(C[C@H]2c3c(c4ccccc4n3S(=O)(=O)c3ccc(C)cc3)CCN2C(=O)OCc2ccccc2)CC(=O)OC1OCc1ccccc1. The zero-order valence-electron chi connectivity index (χ0n) is 28.8. The number of ether oxygens (including phenoxy) is 3. The van der Waals surface area contributed by atoms with E-state index in [-0.39, 0.29) is 42.3 Å². The number of carbonyl (C=O) groups is 2. The number of hydrogen-bond acceptors (Lipinski definition) is 7. The minimum Gasteiger partial charge on any atom is -0.445 e. The van der Waals surface area contributed by atoms with Crippen LogP contribution in [0.4, 0.5) is 4.79 Å². The summed E-state index contributed by atoms with van der Waals surface area (Å²) in [6.45, 7) is 4.62. The maximum absolute atomic E-state index is 14.7. The van der Waals surface area contributed by atoms with Crippen molar-refractivity contribution in [1.29, 1.82) is 0 Å². The van der Waals surface area contributed by atoms with Crippen molar-refractivity contribution < 1.29 is 32.2 Å². The topological polar surface area (TPSA) is 104 Å². The van der Waals surface area contributed by atoms with Crippen LogP contribution in [0.2, 0.25) is 0 Å². The zero-order chi connectivity index (χ0) is 35.5. The van der Waals surface area contributed by atoms with Gasteiger partial charge in [-0.1, -0.05) is 103 Å². The van der Waals surface area contributed by atoms with Gasteiger partial charge in [-0.15, -0.1) is 0 Å². The lowest BCUT2D eigenvalue weighted by Crippen LogP contribution is -2.46. The first kappa shape index (κ1) is 34.5. The average Bonchev–Trinajstić information content (AvgIpc) is 3.50. The van der Waals surface area contributed by atoms with Gasteiger partial charge in [0.1, 0.15) is 6.61 Å². The first-order valence-electron chi connectivity index (χ1n) is 17.5. The molecule has 0 spiro atoms. The molecule has 4 aromatic carbocycles. The van der Waals surface area contributed by atoms with E-state index in [1.807, 2.05) is 98.8 Å². The van der Waals surface area contributed by atoms with Crippen molar-refractivity contribution in [3.05, 3.63) is 137 Å². The Morgan fingerprint density at radius 1 is 0.863 bits per heavy atom. The van der Waals surface area contributed by atoms with E-state index in [1.165, 1.54) is 3.97 Å². The standard InChI is InChI=1S/C41H42N2O7S/c1-3-33-31(25-38(44)50-40(33)48-26-29-12-6-4-7-13-29)24-37-39-35(22-23-42(37)41(45)49-27-30-14-8-5-9-15-30)34-16-10-11-17-36(34)43(39)51(46,47)32-20-18-28(2)19-21-32/h4-21,31,33,37,40H,3,22-27H2,1-2H3/t31?,33?,37-,40?/m0/s1. The van der Waals surface area contributed by atoms with Gasteiger partial charge in [0.2, 0.25) is 6.29 Å². The molecule has 9 nitrogen and oxygen atoms in total. The molecule has 4 atom stereocenters. The van der Waals surface area contributed by atoms with Gasteiger partial charge in [-0.2, -0.15) is 0 Å². The fourth-order valence-corrected chi connectivity index (χ4v) is 9.20. The highest BCUT2D eigenvalue weighted by Gasteiger charge is 2.45. The van der Waals surface area contributed by atoms with E-state index in [0.717, 1.165) is 27.6 Å². The number of cyclic esters (lactones) is 1. The number of para-hydroxylation sites is 1. The van der Waals surface area contributed by atoms with Crippen LogP contribution in [0.5, 0.6) is 0 Å². The minimum absolute atomic E-state index is 0.0726. The average molecular weight is 707 g/mol. The number of esters is 1. The summed E-state index contributed by atoms with van der Waals surface area (Å²) in [5.74, 6) is -0.846. The Labute approximate surface area is 298 Å². The van der Waals surface area contributed by atoms with Crippen LogP contribution in [0.25, 0.3) is 10.9 Å². The van der Waals surface area contributed by atoms with Crippen molar-refractivity contribution >= 4 is 33.0 Å². The summed E-state index contributed by atoms with van der Waals surface area (Å²) >= 11 is 0. The van der Waals surface area contributed by atoms with Gasteiger partial charge in [-0.05, 0) is 67.0 Å². The number of fused-ring (bicyclic) bond motifs is 3. The lowest BCUT2D eigenvalue weighted by atomic mass is 9.78. The van der Waals surface area contributed by atoms with E-state index in [9.17, 15) is 18.0 Å². The molecule has 1 aromatic heterocycles. The number of aryl methyl sites for hydroxylation is 1. The lowest BCUT2D eigenvalue weighted by molar-refractivity contribution is -0.217. The number of carbonyl (C=O) groups excluding carboxylic acids is 2. The van der Waals surface area contributed by atoms with E-state index in [2.05, 4.69) is 0 Å². The first-order chi connectivity index (χ1) is 24.7. The molecule has 1 fully saturated rings. The van der Waals surface area contributed by atoms with Crippen molar-refractivity contribution in [2.45, 2.75) is 70.0 Å². The molecule has 0 radical (unpaired) electrons. The van der Waals surface area contributed by atoms with Gasteiger partial charge < -0.3 is 14.2 Å². The summed E-state index contributed by atoms with van der Waals surface area (Å²) in [5.41, 5.74) is 4.69. The lowest BCUT2D eigenvalue weighted by Gasteiger charge is -2.42. The van der Waals surface area contributed by atoms with Gasteiger partial charge in [0, 0.05) is 24.3 Å². The smallest absolute Gasteiger partial charge is 0.410 e. The Morgan fingerprint density at radius 2 is 1.51 bits per heavy atom. The van der Waals surface area contributed by atoms with Crippen molar-refractivity contribution in [3.8, 4) is 0 Å². The number of aromatic nitrogens is 1. The molecular formula is C41H42N2O7S. The molecule has 1 saturated heterocycles. The number of hydrogen-bond donors (Lipinski definition) is 0. The Morgan fingerprint density at radius 3 is 2.20 bits per heavy atom. The molecule has 3 unspecified atom stereocenters. The van der Waals surface area contributed by atoms with Gasteiger partial charge in [0.25, 0.3) is 10.0 Å². The summed E-state index contributed by atoms with van der Waals surface area (Å²) in [6.07, 6.45) is 0.197. The van der Waals surface area contributed by atoms with Crippen molar-refractivity contribution in [2.24, 2.45) is 11.8 Å². The quantitative estimate of drug-likeness (QED) is 0.136. The monoisotopic (exact) mass is 706 g/mol. The Hall–Kier alpha value is -4.93. The predicted molar refractivity (Wildman–Crippen MR) is 193 cm³/mol. The third-order valence-electron chi connectivity index (χ3n) is 10.2. The molecule has 0 bridgehead atoms. The number of amides is 1. The molecule has 1 amide bonds. The first-order valence-corrected chi connectivity index (χ1v) is 19.0. The molecule has 51 heavy (non-hydrogen) atoms. The second-order valence-electron chi connectivity index (χ2n) is 13.4. The minimum atomic E-state index is -4.12. The number of rotatable bonds is 10. The maximum atomic E-state index is 14.7. The fourth-order valence-electron chi connectivity index (χ4n) is 7.60. The molecule has 2 aliphatic rings. The predicted octanol–water partition coefficient (Wildman–Crippen LogP) is 7.95. The van der Waals surface area contributed by atoms with Gasteiger partial charge in [-0.25, -0.2) is 17.2 Å². The molecule has 0 saturated carbocycles. The molecule has 0 aliphatic carbocycles. The van der Waals surface area contributed by atoms with E-state index >= 15 is 0 Å². The van der Waals surface area contributed by atoms with Gasteiger partial charge in [0.15, 0.2) is 0 Å². The highest BCUT2D eigenvalue weighted by molar-refractivity contribution is 7.90. The normalized spacial score (nSPS) is 20.5. The van der Waals surface area contributed by atoms with Gasteiger partial charge in [-0.3, -0.25) is 9.69 Å². The molecule has 5 aromatic rings. The zero-order valence-corrected chi connectivity index (χ0v) is 29.6. The molecule has 2 aliphatic heterocycles.